The van der Waals surface area contributed by atoms with Crippen LogP contribution in [0.4, 0.5) is 5.82 Å². The summed E-state index contributed by atoms with van der Waals surface area (Å²) in [6.45, 7) is 7.98. The molecule has 3 heterocycles. The van der Waals surface area contributed by atoms with Gasteiger partial charge in [-0.2, -0.15) is 10.2 Å². The predicted molar refractivity (Wildman–Crippen MR) is 102 cm³/mol. The summed E-state index contributed by atoms with van der Waals surface area (Å²) in [4.78, 5) is 32.9. The molecule has 0 saturated heterocycles. The highest BCUT2D eigenvalue weighted by atomic mass is 16.5. The molecular weight excluding hydrogens is 362 g/mol. The Labute approximate surface area is 161 Å². The van der Waals surface area contributed by atoms with Crippen molar-refractivity contribution in [1.82, 2.24) is 29.4 Å². The number of hydrogen-bond donors (Lipinski definition) is 1. The van der Waals surface area contributed by atoms with Gasteiger partial charge in [-0.05, 0) is 26.0 Å². The van der Waals surface area contributed by atoms with E-state index in [1.807, 2.05) is 27.7 Å². The minimum absolute atomic E-state index is 0.00516. The van der Waals surface area contributed by atoms with Gasteiger partial charge in [0.1, 0.15) is 24.2 Å². The maximum Gasteiger partial charge on any atom is 0.293 e. The van der Waals surface area contributed by atoms with E-state index in [1.54, 1.807) is 12.1 Å². The third-order valence-electron chi connectivity index (χ3n) is 4.11. The Morgan fingerprint density at radius 1 is 1.29 bits per heavy atom. The summed E-state index contributed by atoms with van der Waals surface area (Å²) < 4.78 is 8.27. The second-order valence-corrected chi connectivity index (χ2v) is 6.58. The standard InChI is InChI=1S/C18H23N7O3/c1-5-28-12(4)13-8-14-18(27)24(23-17(11(2)3)25(14)22-13)9-16(26)21-15-6-7-19-10-20-15/h6-8,10-12H,5,9H2,1-4H3,(H,19,20,21,26). The summed E-state index contributed by atoms with van der Waals surface area (Å²) in [5.74, 6) is 0.527. The zero-order valence-electron chi connectivity index (χ0n) is 16.3. The highest BCUT2D eigenvalue weighted by Crippen LogP contribution is 2.18. The zero-order chi connectivity index (χ0) is 20.3. The van der Waals surface area contributed by atoms with Gasteiger partial charge in [-0.25, -0.2) is 19.2 Å². The van der Waals surface area contributed by atoms with Gasteiger partial charge in [0.2, 0.25) is 5.91 Å². The zero-order valence-corrected chi connectivity index (χ0v) is 16.3. The molecule has 3 aromatic rings. The Bertz CT molecular complexity index is 1030. The van der Waals surface area contributed by atoms with E-state index in [0.717, 1.165) is 4.68 Å². The Balaban J connectivity index is 1.97. The van der Waals surface area contributed by atoms with Gasteiger partial charge in [-0.1, -0.05) is 13.8 Å². The highest BCUT2D eigenvalue weighted by molar-refractivity contribution is 5.89. The smallest absolute Gasteiger partial charge is 0.293 e. The molecule has 0 spiro atoms. The number of fused-ring (bicyclic) bond motifs is 1. The van der Waals surface area contributed by atoms with Crippen LogP contribution in [0.15, 0.2) is 29.5 Å². The van der Waals surface area contributed by atoms with Crippen molar-refractivity contribution in [3.63, 3.8) is 0 Å². The minimum Gasteiger partial charge on any atom is -0.372 e. The molecule has 0 aromatic carbocycles. The Kier molecular flexibility index (Phi) is 5.78. The average molecular weight is 385 g/mol. The maximum atomic E-state index is 12.9. The van der Waals surface area contributed by atoms with Crippen LogP contribution in [0.25, 0.3) is 5.52 Å². The number of hydrogen-bond acceptors (Lipinski definition) is 7. The third-order valence-corrected chi connectivity index (χ3v) is 4.11. The maximum absolute atomic E-state index is 12.9. The number of rotatable bonds is 7. The molecule has 10 nitrogen and oxygen atoms in total. The molecule has 148 valence electrons. The largest absolute Gasteiger partial charge is 0.372 e. The summed E-state index contributed by atoms with van der Waals surface area (Å²) >= 11 is 0. The molecule has 0 aliphatic heterocycles. The molecule has 0 saturated carbocycles. The van der Waals surface area contributed by atoms with Crippen molar-refractivity contribution in [1.29, 1.82) is 0 Å². The number of ether oxygens (including phenoxy) is 1. The van der Waals surface area contributed by atoms with Crippen LogP contribution >= 0.6 is 0 Å². The predicted octanol–water partition coefficient (Wildman–Crippen LogP) is 1.54. The second-order valence-electron chi connectivity index (χ2n) is 6.58. The van der Waals surface area contributed by atoms with Gasteiger partial charge in [0.15, 0.2) is 5.82 Å². The summed E-state index contributed by atoms with van der Waals surface area (Å²) in [6.07, 6.45) is 2.60. The lowest BCUT2D eigenvalue weighted by Crippen LogP contribution is -2.32. The van der Waals surface area contributed by atoms with E-state index in [-0.39, 0.29) is 18.6 Å². The quantitative estimate of drug-likeness (QED) is 0.656. The molecule has 0 bridgehead atoms. The lowest BCUT2D eigenvalue weighted by molar-refractivity contribution is -0.117. The van der Waals surface area contributed by atoms with Crippen molar-refractivity contribution in [2.24, 2.45) is 0 Å². The molecule has 3 aromatic heterocycles. The lowest BCUT2D eigenvalue weighted by atomic mass is 10.2. The van der Waals surface area contributed by atoms with Crippen LogP contribution in [0.3, 0.4) is 0 Å². The topological polar surface area (TPSA) is 116 Å². The van der Waals surface area contributed by atoms with Gasteiger partial charge in [0.05, 0.1) is 11.8 Å². The Morgan fingerprint density at radius 2 is 2.07 bits per heavy atom. The first-order valence-electron chi connectivity index (χ1n) is 9.08. The summed E-state index contributed by atoms with van der Waals surface area (Å²) in [5, 5.41) is 11.5. The summed E-state index contributed by atoms with van der Waals surface area (Å²) in [6, 6.07) is 3.25. The van der Waals surface area contributed by atoms with E-state index in [0.29, 0.717) is 29.5 Å². The molecule has 0 aliphatic rings. The van der Waals surface area contributed by atoms with Crippen LogP contribution in [-0.2, 0) is 16.1 Å². The van der Waals surface area contributed by atoms with E-state index in [2.05, 4.69) is 25.5 Å². The fraction of sp³-hybridized carbons (Fsp3) is 0.444. The van der Waals surface area contributed by atoms with E-state index in [4.69, 9.17) is 4.74 Å². The molecule has 1 atom stereocenters. The van der Waals surface area contributed by atoms with Crippen molar-refractivity contribution in [3.05, 3.63) is 46.5 Å². The fourth-order valence-corrected chi connectivity index (χ4v) is 2.75. The number of aromatic nitrogens is 6. The van der Waals surface area contributed by atoms with Gasteiger partial charge in [0.25, 0.3) is 5.56 Å². The van der Waals surface area contributed by atoms with E-state index in [9.17, 15) is 9.59 Å². The number of nitrogens with zero attached hydrogens (tertiary/aromatic N) is 6. The van der Waals surface area contributed by atoms with Gasteiger partial charge in [0, 0.05) is 18.7 Å². The van der Waals surface area contributed by atoms with Crippen LogP contribution < -0.4 is 10.9 Å². The van der Waals surface area contributed by atoms with Crippen molar-refractivity contribution in [3.8, 4) is 0 Å². The lowest BCUT2D eigenvalue weighted by Gasteiger charge is -2.11. The van der Waals surface area contributed by atoms with Gasteiger partial charge >= 0.3 is 0 Å². The van der Waals surface area contributed by atoms with Crippen molar-refractivity contribution in [2.45, 2.75) is 46.3 Å². The second kappa shape index (κ2) is 8.26. The van der Waals surface area contributed by atoms with Crippen LogP contribution in [0, 0.1) is 0 Å². The van der Waals surface area contributed by atoms with Crippen LogP contribution in [0.1, 0.15) is 51.2 Å². The number of amides is 1. The third kappa shape index (κ3) is 4.06. The van der Waals surface area contributed by atoms with Crippen LogP contribution in [0.5, 0.6) is 0 Å². The molecule has 1 unspecified atom stereocenters. The van der Waals surface area contributed by atoms with Gasteiger partial charge in [-0.15, -0.1) is 0 Å². The SMILES string of the molecule is CCOC(C)c1cc2c(=O)n(CC(=O)Nc3ccncn3)nc(C(C)C)n2n1. The minimum atomic E-state index is -0.408. The molecule has 1 amide bonds. The first-order valence-corrected chi connectivity index (χ1v) is 9.08. The number of carbonyl (C=O) groups is 1. The number of anilines is 1. The first-order chi connectivity index (χ1) is 13.4. The monoisotopic (exact) mass is 385 g/mol. The molecule has 0 fully saturated rings. The molecule has 1 N–H and O–H groups in total. The normalized spacial score (nSPS) is 12.5. The Morgan fingerprint density at radius 3 is 2.71 bits per heavy atom. The molecule has 10 heteroatoms. The van der Waals surface area contributed by atoms with Gasteiger partial charge in [-0.3, -0.25) is 9.59 Å². The van der Waals surface area contributed by atoms with Crippen molar-refractivity contribution >= 4 is 17.2 Å². The molecule has 0 radical (unpaired) electrons. The number of nitrogens with one attached hydrogen (secondary N) is 1. The van der Waals surface area contributed by atoms with E-state index >= 15 is 0 Å². The summed E-state index contributed by atoms with van der Waals surface area (Å²) in [7, 11) is 0. The number of carbonyl (C=O) groups excluding carboxylic acids is 1. The van der Waals surface area contributed by atoms with Crippen LogP contribution in [0.2, 0.25) is 0 Å². The fourth-order valence-electron chi connectivity index (χ4n) is 2.75. The van der Waals surface area contributed by atoms with Crippen molar-refractivity contribution < 1.29 is 9.53 Å². The highest BCUT2D eigenvalue weighted by Gasteiger charge is 2.20. The van der Waals surface area contributed by atoms with Gasteiger partial charge < -0.3 is 10.1 Å². The van der Waals surface area contributed by atoms with Crippen LogP contribution in [-0.4, -0.2) is 41.9 Å². The molecule has 28 heavy (non-hydrogen) atoms. The first kappa shape index (κ1) is 19.6. The molecular formula is C18H23N7O3. The molecule has 3 rings (SSSR count). The summed E-state index contributed by atoms with van der Waals surface area (Å²) in [5.41, 5.74) is 0.602. The van der Waals surface area contributed by atoms with Crippen molar-refractivity contribution in [2.75, 3.05) is 11.9 Å². The Hall–Kier alpha value is -3.14. The molecule has 0 aliphatic carbocycles. The average Bonchev–Trinajstić information content (AvgIpc) is 3.10. The van der Waals surface area contributed by atoms with E-state index in [1.165, 1.54) is 17.0 Å². The van der Waals surface area contributed by atoms with E-state index < -0.39 is 11.5 Å².